The van der Waals surface area contributed by atoms with Gasteiger partial charge in [0.05, 0.1) is 9.82 Å². The van der Waals surface area contributed by atoms with Crippen LogP contribution in [0.15, 0.2) is 29.2 Å². The van der Waals surface area contributed by atoms with Crippen molar-refractivity contribution in [2.45, 2.75) is 24.8 Å². The summed E-state index contributed by atoms with van der Waals surface area (Å²) in [5.74, 6) is 0.186. The topological polar surface area (TPSA) is 92.6 Å². The lowest BCUT2D eigenvalue weighted by Crippen LogP contribution is -2.55. The van der Waals surface area contributed by atoms with Gasteiger partial charge in [-0.15, -0.1) is 0 Å². The summed E-state index contributed by atoms with van der Waals surface area (Å²) < 4.78 is 26.9. The fraction of sp³-hybridized carbons (Fsp3) is 0.538. The number of nitrogens with zero attached hydrogens (tertiary/aromatic N) is 2. The summed E-state index contributed by atoms with van der Waals surface area (Å²) in [6.45, 7) is 5.59. The Bertz CT molecular complexity index is 613. The molecule has 1 aliphatic heterocycles. The molecular weight excluding hydrogens is 294 g/mol. The lowest BCUT2D eigenvalue weighted by Gasteiger charge is -2.37. The van der Waals surface area contributed by atoms with E-state index in [1.807, 2.05) is 13.8 Å². The molecule has 1 N–H and O–H groups in total. The van der Waals surface area contributed by atoms with Gasteiger partial charge in [0, 0.05) is 37.8 Å². The Morgan fingerprint density at radius 1 is 1.33 bits per heavy atom. The second-order valence-electron chi connectivity index (χ2n) is 5.38. The summed E-state index contributed by atoms with van der Waals surface area (Å²) >= 11 is 0. The number of benzene rings is 1. The van der Waals surface area contributed by atoms with Gasteiger partial charge in [-0.25, -0.2) is 8.42 Å². The maximum Gasteiger partial charge on any atom is 0.269 e. The highest BCUT2D eigenvalue weighted by molar-refractivity contribution is 7.89. The fourth-order valence-corrected chi connectivity index (χ4v) is 4.21. The molecular formula is C13H19N3O4S. The first kappa shape index (κ1) is 15.9. The number of hydrogen-bond acceptors (Lipinski definition) is 5. The van der Waals surface area contributed by atoms with Crippen LogP contribution in [-0.4, -0.2) is 43.3 Å². The number of sulfonamides is 1. The van der Waals surface area contributed by atoms with Crippen LogP contribution in [-0.2, 0) is 10.0 Å². The molecule has 1 saturated heterocycles. The molecule has 0 saturated carbocycles. The van der Waals surface area contributed by atoms with Crippen LogP contribution in [0.3, 0.4) is 0 Å². The molecule has 0 bridgehead atoms. The Labute approximate surface area is 124 Å². The van der Waals surface area contributed by atoms with E-state index in [0.29, 0.717) is 19.6 Å². The molecule has 1 aromatic rings. The molecule has 0 unspecified atom stereocenters. The number of piperazine rings is 1. The lowest BCUT2D eigenvalue weighted by molar-refractivity contribution is -0.384. The molecule has 2 rings (SSSR count). The van der Waals surface area contributed by atoms with E-state index in [-0.39, 0.29) is 22.5 Å². The van der Waals surface area contributed by atoms with Gasteiger partial charge in [-0.3, -0.25) is 10.1 Å². The normalized spacial score (nSPS) is 20.6. The average molecular weight is 313 g/mol. The van der Waals surface area contributed by atoms with Gasteiger partial charge in [0.2, 0.25) is 10.0 Å². The van der Waals surface area contributed by atoms with Crippen LogP contribution in [0.5, 0.6) is 0 Å². The van der Waals surface area contributed by atoms with Gasteiger partial charge < -0.3 is 5.32 Å². The van der Waals surface area contributed by atoms with Gasteiger partial charge >= 0.3 is 0 Å². The Kier molecular flexibility index (Phi) is 4.60. The number of nitro benzene ring substituents is 1. The summed E-state index contributed by atoms with van der Waals surface area (Å²) in [4.78, 5) is 10.2. The summed E-state index contributed by atoms with van der Waals surface area (Å²) in [6, 6.07) is 4.93. The molecule has 0 amide bonds. The molecule has 1 heterocycles. The van der Waals surface area contributed by atoms with Crippen molar-refractivity contribution in [3.05, 3.63) is 34.4 Å². The van der Waals surface area contributed by atoms with Crippen molar-refractivity contribution in [3.8, 4) is 0 Å². The van der Waals surface area contributed by atoms with Crippen molar-refractivity contribution < 1.29 is 13.3 Å². The van der Waals surface area contributed by atoms with Crippen molar-refractivity contribution in [3.63, 3.8) is 0 Å². The predicted octanol–water partition coefficient (Wildman–Crippen LogP) is 1.21. The Hall–Kier alpha value is -1.51. The SMILES string of the molecule is CC(C)[C@H]1CNCCN1S(=O)(=O)c1ccc([N+](=O)[O-])cc1. The van der Waals surface area contributed by atoms with Crippen LogP contribution in [0.2, 0.25) is 0 Å². The molecule has 1 aliphatic rings. The highest BCUT2D eigenvalue weighted by atomic mass is 32.2. The molecule has 0 radical (unpaired) electrons. The second-order valence-corrected chi connectivity index (χ2v) is 7.27. The van der Waals surface area contributed by atoms with Crippen molar-refractivity contribution in [1.29, 1.82) is 0 Å². The molecule has 0 aliphatic carbocycles. The largest absolute Gasteiger partial charge is 0.314 e. The van der Waals surface area contributed by atoms with Crippen molar-refractivity contribution >= 4 is 15.7 Å². The average Bonchev–Trinajstić information content (AvgIpc) is 2.47. The third kappa shape index (κ3) is 3.22. The van der Waals surface area contributed by atoms with E-state index in [9.17, 15) is 18.5 Å². The van der Waals surface area contributed by atoms with Crippen molar-refractivity contribution in [2.24, 2.45) is 5.92 Å². The number of nitro groups is 1. The van der Waals surface area contributed by atoms with Crippen LogP contribution >= 0.6 is 0 Å². The first-order valence-corrected chi connectivity index (χ1v) is 8.25. The maximum atomic E-state index is 12.7. The quantitative estimate of drug-likeness (QED) is 0.666. The molecule has 0 aromatic heterocycles. The molecule has 8 heteroatoms. The van der Waals surface area contributed by atoms with Crippen molar-refractivity contribution in [1.82, 2.24) is 9.62 Å². The van der Waals surface area contributed by atoms with Gasteiger partial charge in [-0.2, -0.15) is 4.31 Å². The molecule has 116 valence electrons. The Balaban J connectivity index is 2.33. The van der Waals surface area contributed by atoms with E-state index >= 15 is 0 Å². The number of rotatable bonds is 4. The number of hydrogen-bond donors (Lipinski definition) is 1. The van der Waals surface area contributed by atoms with Crippen molar-refractivity contribution in [2.75, 3.05) is 19.6 Å². The Morgan fingerprint density at radius 2 is 1.95 bits per heavy atom. The first-order chi connectivity index (χ1) is 9.84. The van der Waals surface area contributed by atoms with E-state index in [1.54, 1.807) is 0 Å². The van der Waals surface area contributed by atoms with Gasteiger partial charge in [0.1, 0.15) is 0 Å². The summed E-state index contributed by atoms with van der Waals surface area (Å²) in [5.41, 5.74) is -0.116. The zero-order chi connectivity index (χ0) is 15.6. The van der Waals surface area contributed by atoms with E-state index in [1.165, 1.54) is 28.6 Å². The molecule has 7 nitrogen and oxygen atoms in total. The monoisotopic (exact) mass is 313 g/mol. The number of nitrogens with one attached hydrogen (secondary N) is 1. The van der Waals surface area contributed by atoms with E-state index in [2.05, 4.69) is 5.32 Å². The van der Waals surface area contributed by atoms with E-state index in [4.69, 9.17) is 0 Å². The van der Waals surface area contributed by atoms with Crippen LogP contribution in [0.25, 0.3) is 0 Å². The molecule has 1 aromatic carbocycles. The summed E-state index contributed by atoms with van der Waals surface area (Å²) in [5, 5.41) is 13.8. The highest BCUT2D eigenvalue weighted by Gasteiger charge is 2.35. The van der Waals surface area contributed by atoms with Crippen LogP contribution in [0.1, 0.15) is 13.8 Å². The minimum atomic E-state index is -3.63. The van der Waals surface area contributed by atoms with Crippen LogP contribution in [0, 0.1) is 16.0 Å². The zero-order valence-corrected chi connectivity index (χ0v) is 12.8. The summed E-state index contributed by atoms with van der Waals surface area (Å²) in [6.07, 6.45) is 0. The minimum absolute atomic E-state index is 0.0978. The highest BCUT2D eigenvalue weighted by Crippen LogP contribution is 2.24. The smallest absolute Gasteiger partial charge is 0.269 e. The predicted molar refractivity (Wildman–Crippen MR) is 78.5 cm³/mol. The fourth-order valence-electron chi connectivity index (χ4n) is 2.45. The lowest BCUT2D eigenvalue weighted by atomic mass is 10.0. The van der Waals surface area contributed by atoms with Crippen LogP contribution < -0.4 is 5.32 Å². The zero-order valence-electron chi connectivity index (χ0n) is 12.0. The standard InChI is InChI=1S/C13H19N3O4S/c1-10(2)13-9-14-7-8-15(13)21(19,20)12-5-3-11(4-6-12)16(17)18/h3-6,10,13-14H,7-9H2,1-2H3/t13-/m1/s1. The second kappa shape index (κ2) is 6.08. The van der Waals surface area contributed by atoms with Gasteiger partial charge in [0.15, 0.2) is 0 Å². The van der Waals surface area contributed by atoms with E-state index in [0.717, 1.165) is 0 Å². The third-order valence-electron chi connectivity index (χ3n) is 3.66. The van der Waals surface area contributed by atoms with Gasteiger partial charge in [-0.1, -0.05) is 13.8 Å². The first-order valence-electron chi connectivity index (χ1n) is 6.81. The molecule has 21 heavy (non-hydrogen) atoms. The van der Waals surface area contributed by atoms with Crippen LogP contribution in [0.4, 0.5) is 5.69 Å². The van der Waals surface area contributed by atoms with E-state index < -0.39 is 14.9 Å². The molecule has 1 atom stereocenters. The third-order valence-corrected chi connectivity index (χ3v) is 5.59. The Morgan fingerprint density at radius 3 is 2.48 bits per heavy atom. The number of non-ortho nitro benzene ring substituents is 1. The minimum Gasteiger partial charge on any atom is -0.314 e. The maximum absolute atomic E-state index is 12.7. The summed E-state index contributed by atoms with van der Waals surface area (Å²) in [7, 11) is -3.63. The van der Waals surface area contributed by atoms with Gasteiger partial charge in [0.25, 0.3) is 5.69 Å². The molecule has 0 spiro atoms. The van der Waals surface area contributed by atoms with Gasteiger partial charge in [-0.05, 0) is 18.1 Å². The molecule has 1 fully saturated rings.